The number of carbonyl (C=O) groups excluding carboxylic acids is 2. The van der Waals surface area contributed by atoms with E-state index < -0.39 is 0 Å². The van der Waals surface area contributed by atoms with Crippen LogP contribution in [0.4, 0.5) is 0 Å². The zero-order valence-electron chi connectivity index (χ0n) is 20.2. The van der Waals surface area contributed by atoms with Crippen molar-refractivity contribution in [1.82, 2.24) is 0 Å². The quantitative estimate of drug-likeness (QED) is 0.248. The number of hydrogen-bond acceptors (Lipinski definition) is 4. The van der Waals surface area contributed by atoms with Gasteiger partial charge in [0.05, 0.1) is 5.56 Å². The second-order valence-electron chi connectivity index (χ2n) is 9.18. The number of carbonyl (C=O) groups is 2. The molecule has 38 heavy (non-hydrogen) atoms. The second-order valence-corrected chi connectivity index (χ2v) is 9.18. The lowest BCUT2D eigenvalue weighted by atomic mass is 9.83. The van der Waals surface area contributed by atoms with Crippen molar-refractivity contribution in [1.29, 1.82) is 0 Å². The third kappa shape index (κ3) is 3.46. The van der Waals surface area contributed by atoms with Gasteiger partial charge in [-0.05, 0) is 35.0 Å². The van der Waals surface area contributed by atoms with Crippen molar-refractivity contribution in [3.63, 3.8) is 0 Å². The van der Waals surface area contributed by atoms with Gasteiger partial charge in [0.2, 0.25) is 0 Å². The monoisotopic (exact) mass is 492 g/mol. The molecule has 6 aromatic rings. The van der Waals surface area contributed by atoms with Crippen LogP contribution in [0.25, 0.3) is 21.5 Å². The number of ketones is 2. The molecule has 0 bridgehead atoms. The van der Waals surface area contributed by atoms with Crippen molar-refractivity contribution < 1.29 is 19.1 Å². The van der Waals surface area contributed by atoms with Crippen LogP contribution >= 0.6 is 0 Å². The largest absolute Gasteiger partial charge is 0.453 e. The van der Waals surface area contributed by atoms with Gasteiger partial charge in [-0.25, -0.2) is 0 Å². The summed E-state index contributed by atoms with van der Waals surface area (Å²) >= 11 is 0. The Morgan fingerprint density at radius 3 is 1.58 bits per heavy atom. The number of ether oxygens (including phenoxy) is 2. The molecule has 0 atom stereocenters. The Morgan fingerprint density at radius 1 is 0.395 bits per heavy atom. The maximum Gasteiger partial charge on any atom is 0.198 e. The summed E-state index contributed by atoms with van der Waals surface area (Å²) in [5.41, 5.74) is 1.26. The molecular formula is C34H20O4. The molecule has 0 radical (unpaired) electrons. The molecule has 0 amide bonds. The van der Waals surface area contributed by atoms with E-state index in [4.69, 9.17) is 9.47 Å². The number of fused-ring (bicyclic) bond motifs is 4. The van der Waals surface area contributed by atoms with Gasteiger partial charge < -0.3 is 9.47 Å². The first-order chi connectivity index (χ1) is 18.7. The van der Waals surface area contributed by atoms with E-state index in [2.05, 4.69) is 0 Å². The Hall–Kier alpha value is -5.22. The van der Waals surface area contributed by atoms with Crippen LogP contribution in [0, 0.1) is 0 Å². The highest BCUT2D eigenvalue weighted by Gasteiger charge is 2.34. The van der Waals surface area contributed by atoms with E-state index in [-0.39, 0.29) is 22.9 Å². The standard InChI is InChI=1S/C34H20O4/c35-32-25-15-5-6-16-26(25)33(36)31-27(32)19-20-30(37-28-17-7-11-21-9-1-3-13-23(21)28)34(31)38-29-18-8-12-22-10-2-4-14-24(22)29/h1-20H. The molecule has 6 aromatic carbocycles. The zero-order chi connectivity index (χ0) is 25.6. The van der Waals surface area contributed by atoms with E-state index in [0.29, 0.717) is 33.9 Å². The molecule has 0 saturated carbocycles. The van der Waals surface area contributed by atoms with Crippen molar-refractivity contribution >= 4 is 33.1 Å². The van der Waals surface area contributed by atoms with Crippen LogP contribution in [0.3, 0.4) is 0 Å². The van der Waals surface area contributed by atoms with Gasteiger partial charge in [-0.15, -0.1) is 0 Å². The first kappa shape index (κ1) is 22.0. The van der Waals surface area contributed by atoms with Crippen LogP contribution in [-0.4, -0.2) is 11.6 Å². The predicted molar refractivity (Wildman–Crippen MR) is 148 cm³/mol. The fourth-order valence-corrected chi connectivity index (χ4v) is 5.12. The maximum absolute atomic E-state index is 13.9. The van der Waals surface area contributed by atoms with Gasteiger partial charge in [-0.1, -0.05) is 97.1 Å². The molecule has 1 aliphatic rings. The third-order valence-corrected chi connectivity index (χ3v) is 6.94. The van der Waals surface area contributed by atoms with Gasteiger partial charge in [0.1, 0.15) is 11.5 Å². The van der Waals surface area contributed by atoms with Crippen molar-refractivity contribution in [3.05, 3.63) is 144 Å². The average Bonchev–Trinajstić information content (AvgIpc) is 2.97. The molecule has 0 unspecified atom stereocenters. The Kier molecular flexibility index (Phi) is 5.05. The van der Waals surface area contributed by atoms with Crippen LogP contribution in [0.1, 0.15) is 31.8 Å². The van der Waals surface area contributed by atoms with Crippen LogP contribution < -0.4 is 9.47 Å². The first-order valence-electron chi connectivity index (χ1n) is 12.4. The fourth-order valence-electron chi connectivity index (χ4n) is 5.12. The van der Waals surface area contributed by atoms with Gasteiger partial charge in [0.15, 0.2) is 23.1 Å². The normalized spacial score (nSPS) is 12.3. The molecule has 0 aromatic heterocycles. The van der Waals surface area contributed by atoms with Gasteiger partial charge in [-0.2, -0.15) is 0 Å². The van der Waals surface area contributed by atoms with Crippen LogP contribution in [-0.2, 0) is 0 Å². The van der Waals surface area contributed by atoms with E-state index >= 15 is 0 Å². The third-order valence-electron chi connectivity index (χ3n) is 6.94. The lowest BCUT2D eigenvalue weighted by molar-refractivity contribution is 0.0976. The van der Waals surface area contributed by atoms with Crippen LogP contribution in [0.2, 0.25) is 0 Å². The van der Waals surface area contributed by atoms with E-state index in [0.717, 1.165) is 21.5 Å². The van der Waals surface area contributed by atoms with Crippen LogP contribution in [0.15, 0.2) is 121 Å². The molecule has 0 spiro atoms. The summed E-state index contributed by atoms with van der Waals surface area (Å²) < 4.78 is 13.0. The summed E-state index contributed by atoms with van der Waals surface area (Å²) in [6.07, 6.45) is 0. The van der Waals surface area contributed by atoms with E-state index in [1.165, 1.54) is 0 Å². The van der Waals surface area contributed by atoms with E-state index in [9.17, 15) is 9.59 Å². The molecule has 1 aliphatic carbocycles. The first-order valence-corrected chi connectivity index (χ1v) is 12.4. The topological polar surface area (TPSA) is 52.6 Å². The Balaban J connectivity index is 1.45. The van der Waals surface area contributed by atoms with Crippen molar-refractivity contribution in [2.75, 3.05) is 0 Å². The van der Waals surface area contributed by atoms with Gasteiger partial charge >= 0.3 is 0 Å². The van der Waals surface area contributed by atoms with Gasteiger partial charge in [0, 0.05) is 27.5 Å². The molecule has 0 N–H and O–H groups in total. The summed E-state index contributed by atoms with van der Waals surface area (Å²) in [6.45, 7) is 0. The highest BCUT2D eigenvalue weighted by atomic mass is 16.5. The Bertz CT molecular complexity index is 1910. The summed E-state index contributed by atoms with van der Waals surface area (Å²) in [5, 5.41) is 3.84. The van der Waals surface area contributed by atoms with Crippen molar-refractivity contribution in [2.24, 2.45) is 0 Å². The molecule has 4 nitrogen and oxygen atoms in total. The SMILES string of the molecule is O=C1c2ccccc2C(=O)c2c1ccc(Oc1cccc3ccccc13)c2Oc1cccc2ccccc12. The molecule has 0 fully saturated rings. The summed E-state index contributed by atoms with van der Waals surface area (Å²) in [6, 6.07) is 37.6. The van der Waals surface area contributed by atoms with Gasteiger partial charge in [-0.3, -0.25) is 9.59 Å². The van der Waals surface area contributed by atoms with E-state index in [1.54, 1.807) is 36.4 Å². The fraction of sp³-hybridized carbons (Fsp3) is 0. The highest BCUT2D eigenvalue weighted by Crippen LogP contribution is 2.45. The lowest BCUT2D eigenvalue weighted by Gasteiger charge is -2.23. The number of benzene rings is 6. The average molecular weight is 493 g/mol. The second kappa shape index (κ2) is 8.71. The highest BCUT2D eigenvalue weighted by molar-refractivity contribution is 6.29. The number of hydrogen-bond donors (Lipinski definition) is 0. The summed E-state index contributed by atoms with van der Waals surface area (Å²) in [4.78, 5) is 27.3. The van der Waals surface area contributed by atoms with Crippen molar-refractivity contribution in [2.45, 2.75) is 0 Å². The van der Waals surface area contributed by atoms with Crippen LogP contribution in [0.5, 0.6) is 23.0 Å². The smallest absolute Gasteiger partial charge is 0.198 e. The number of rotatable bonds is 4. The molecule has 0 aliphatic heterocycles. The maximum atomic E-state index is 13.9. The lowest BCUT2D eigenvalue weighted by Crippen LogP contribution is -2.21. The van der Waals surface area contributed by atoms with Gasteiger partial charge in [0.25, 0.3) is 0 Å². The molecule has 7 rings (SSSR count). The minimum Gasteiger partial charge on any atom is -0.453 e. The summed E-state index contributed by atoms with van der Waals surface area (Å²) in [5.74, 6) is 1.29. The van der Waals surface area contributed by atoms with Crippen molar-refractivity contribution in [3.8, 4) is 23.0 Å². The molecule has 180 valence electrons. The minimum atomic E-state index is -0.270. The zero-order valence-corrected chi connectivity index (χ0v) is 20.2. The Morgan fingerprint density at radius 2 is 0.921 bits per heavy atom. The molecule has 4 heteroatoms. The summed E-state index contributed by atoms with van der Waals surface area (Å²) in [7, 11) is 0. The van der Waals surface area contributed by atoms with E-state index in [1.807, 2.05) is 84.9 Å². The minimum absolute atomic E-state index is 0.208. The predicted octanol–water partition coefficient (Wildman–Crippen LogP) is 8.35. The molecule has 0 heterocycles. The molecule has 0 saturated heterocycles. The molecular weight excluding hydrogens is 472 g/mol. The Labute approximate surface area is 218 Å².